The Balaban J connectivity index is 1.87. The minimum Gasteiger partial charge on any atom is -0.493 e. The fraction of sp³-hybridized carbons (Fsp3) is 0.407. The zero-order valence-electron chi connectivity index (χ0n) is 22.0. The van der Waals surface area contributed by atoms with Crippen LogP contribution in [0.1, 0.15) is 40.2 Å². The molecule has 3 aromatic rings. The van der Waals surface area contributed by atoms with Gasteiger partial charge in [0.2, 0.25) is 5.91 Å². The zero-order valence-corrected chi connectivity index (χ0v) is 22.8. The van der Waals surface area contributed by atoms with Crippen molar-refractivity contribution in [2.45, 2.75) is 47.3 Å². The number of benzene rings is 2. The predicted octanol–water partition coefficient (Wildman–Crippen LogP) is 6.50. The van der Waals surface area contributed by atoms with Gasteiger partial charge in [-0.2, -0.15) is 23.1 Å². The topological polar surface area (TPSA) is 86.2 Å². The minimum atomic E-state index is -4.68. The molecule has 11 heteroatoms. The molecule has 3 rings (SSSR count). The summed E-state index contributed by atoms with van der Waals surface area (Å²) in [7, 11) is 1.42. The Hall–Kier alpha value is -3.40. The summed E-state index contributed by atoms with van der Waals surface area (Å²) >= 11 is 6.42. The van der Waals surface area contributed by atoms with Crippen molar-refractivity contribution >= 4 is 17.5 Å². The third kappa shape index (κ3) is 7.12. The molecule has 2 aromatic carbocycles. The Morgan fingerprint density at radius 1 is 0.947 bits per heavy atom. The maximum absolute atomic E-state index is 13.2. The number of carbonyl (C=O) groups excluding carboxylic acids is 1. The lowest BCUT2D eigenvalue weighted by Gasteiger charge is -2.26. The molecule has 0 atom stereocenters. The van der Waals surface area contributed by atoms with Gasteiger partial charge in [0.1, 0.15) is 11.2 Å². The van der Waals surface area contributed by atoms with E-state index in [-0.39, 0.29) is 23.8 Å². The second kappa shape index (κ2) is 11.1. The molecule has 1 heterocycles. The SMILES string of the molecule is COc1nc(-c2ccc(OCC(C)(C)C)cc2)nc(-c2cc(CNC(=O)C(C)(C)C(F)(F)F)ccc2Cl)n1. The number of hydrogen-bond donors (Lipinski definition) is 1. The molecule has 0 saturated carbocycles. The number of amides is 1. The Morgan fingerprint density at radius 3 is 2.16 bits per heavy atom. The molecule has 1 amide bonds. The number of alkyl halides is 3. The molecular formula is C27H30ClF3N4O3. The molecular weight excluding hydrogens is 521 g/mol. The van der Waals surface area contributed by atoms with Crippen molar-refractivity contribution in [2.24, 2.45) is 10.8 Å². The normalized spacial score (nSPS) is 12.3. The van der Waals surface area contributed by atoms with Crippen LogP contribution in [0.15, 0.2) is 42.5 Å². The van der Waals surface area contributed by atoms with E-state index in [1.54, 1.807) is 18.2 Å². The van der Waals surface area contributed by atoms with E-state index in [0.29, 0.717) is 39.9 Å². The van der Waals surface area contributed by atoms with Gasteiger partial charge < -0.3 is 14.8 Å². The van der Waals surface area contributed by atoms with Gasteiger partial charge in [-0.1, -0.05) is 38.4 Å². The summed E-state index contributed by atoms with van der Waals surface area (Å²) < 4.78 is 50.6. The number of methoxy groups -OCH3 is 1. The van der Waals surface area contributed by atoms with Crippen molar-refractivity contribution in [3.8, 4) is 34.5 Å². The number of nitrogens with one attached hydrogen (secondary N) is 1. The summed E-state index contributed by atoms with van der Waals surface area (Å²) in [5.74, 6) is 0.0987. The average Bonchev–Trinajstić information content (AvgIpc) is 2.85. The lowest BCUT2D eigenvalue weighted by Crippen LogP contribution is -2.46. The first-order valence-electron chi connectivity index (χ1n) is 11.8. The third-order valence-corrected chi connectivity index (χ3v) is 5.91. The van der Waals surface area contributed by atoms with Crippen LogP contribution in [-0.4, -0.2) is 40.8 Å². The second-order valence-corrected chi connectivity index (χ2v) is 10.9. The first kappa shape index (κ1) is 29.2. The molecule has 1 N–H and O–H groups in total. The van der Waals surface area contributed by atoms with Crippen molar-refractivity contribution < 1.29 is 27.4 Å². The van der Waals surface area contributed by atoms with Crippen LogP contribution in [0.5, 0.6) is 11.8 Å². The molecule has 0 fully saturated rings. The van der Waals surface area contributed by atoms with E-state index in [2.05, 4.69) is 41.0 Å². The molecule has 0 bridgehead atoms. The van der Waals surface area contributed by atoms with E-state index in [1.165, 1.54) is 7.11 Å². The number of aromatic nitrogens is 3. The average molecular weight is 551 g/mol. The van der Waals surface area contributed by atoms with Gasteiger partial charge >= 0.3 is 12.2 Å². The van der Waals surface area contributed by atoms with E-state index in [9.17, 15) is 18.0 Å². The first-order chi connectivity index (χ1) is 17.6. The molecule has 204 valence electrons. The maximum Gasteiger partial charge on any atom is 0.402 e. The smallest absolute Gasteiger partial charge is 0.402 e. The van der Waals surface area contributed by atoms with E-state index >= 15 is 0 Å². The Labute approximate surface area is 224 Å². The fourth-order valence-corrected chi connectivity index (χ4v) is 3.29. The fourth-order valence-electron chi connectivity index (χ4n) is 3.08. The molecule has 38 heavy (non-hydrogen) atoms. The predicted molar refractivity (Wildman–Crippen MR) is 139 cm³/mol. The number of carbonyl (C=O) groups is 1. The molecule has 0 radical (unpaired) electrons. The van der Waals surface area contributed by atoms with Crippen molar-refractivity contribution in [2.75, 3.05) is 13.7 Å². The van der Waals surface area contributed by atoms with Crippen molar-refractivity contribution in [1.82, 2.24) is 20.3 Å². The second-order valence-electron chi connectivity index (χ2n) is 10.5. The Bertz CT molecular complexity index is 1290. The number of nitrogens with zero attached hydrogens (tertiary/aromatic N) is 3. The van der Waals surface area contributed by atoms with Crippen LogP contribution in [0, 0.1) is 10.8 Å². The van der Waals surface area contributed by atoms with Crippen molar-refractivity contribution in [3.05, 3.63) is 53.1 Å². The maximum atomic E-state index is 13.2. The molecule has 0 aliphatic rings. The lowest BCUT2D eigenvalue weighted by atomic mass is 9.91. The molecule has 7 nitrogen and oxygen atoms in total. The summed E-state index contributed by atoms with van der Waals surface area (Å²) in [4.78, 5) is 25.4. The highest BCUT2D eigenvalue weighted by Crippen LogP contribution is 2.37. The largest absolute Gasteiger partial charge is 0.493 e. The minimum absolute atomic E-state index is 0.0142. The van der Waals surface area contributed by atoms with E-state index in [1.807, 2.05) is 24.3 Å². The van der Waals surface area contributed by atoms with Gasteiger partial charge in [0.15, 0.2) is 11.6 Å². The van der Waals surface area contributed by atoms with Gasteiger partial charge in [-0.3, -0.25) is 4.79 Å². The van der Waals surface area contributed by atoms with Crippen LogP contribution < -0.4 is 14.8 Å². The molecule has 1 aromatic heterocycles. The first-order valence-corrected chi connectivity index (χ1v) is 12.2. The van der Waals surface area contributed by atoms with E-state index in [0.717, 1.165) is 13.8 Å². The standard InChI is InChI=1S/C27H30ClF3N4O3/c1-25(2,3)15-38-18-10-8-17(9-11-18)21-33-22(35-24(34-21)37-6)19-13-16(7-12-20(19)28)14-32-23(36)26(4,5)27(29,30)31/h7-13H,14-15H2,1-6H3,(H,32,36). The summed E-state index contributed by atoms with van der Waals surface area (Å²) in [6, 6.07) is 12.1. The number of ether oxygens (including phenoxy) is 2. The van der Waals surface area contributed by atoms with Crippen LogP contribution in [0.25, 0.3) is 22.8 Å². The third-order valence-electron chi connectivity index (χ3n) is 5.58. The molecule has 0 unspecified atom stereocenters. The Morgan fingerprint density at radius 2 is 1.58 bits per heavy atom. The number of hydrogen-bond acceptors (Lipinski definition) is 6. The van der Waals surface area contributed by atoms with Crippen molar-refractivity contribution in [1.29, 1.82) is 0 Å². The van der Waals surface area contributed by atoms with Crippen LogP contribution in [-0.2, 0) is 11.3 Å². The van der Waals surface area contributed by atoms with E-state index < -0.39 is 17.5 Å². The van der Waals surface area contributed by atoms with E-state index in [4.69, 9.17) is 21.1 Å². The zero-order chi connectivity index (χ0) is 28.3. The highest BCUT2D eigenvalue weighted by atomic mass is 35.5. The van der Waals surface area contributed by atoms with Crippen LogP contribution in [0.2, 0.25) is 5.02 Å². The van der Waals surface area contributed by atoms with Gasteiger partial charge in [0, 0.05) is 17.7 Å². The van der Waals surface area contributed by atoms with Gasteiger partial charge in [-0.25, -0.2) is 4.98 Å². The number of halogens is 4. The molecule has 0 saturated heterocycles. The molecule has 0 aliphatic heterocycles. The molecule has 0 spiro atoms. The van der Waals surface area contributed by atoms with Crippen LogP contribution in [0.3, 0.4) is 0 Å². The van der Waals surface area contributed by atoms with Crippen molar-refractivity contribution in [3.63, 3.8) is 0 Å². The van der Waals surface area contributed by atoms with Gasteiger partial charge in [-0.05, 0) is 61.2 Å². The summed E-state index contributed by atoms with van der Waals surface area (Å²) in [5.41, 5.74) is -0.923. The summed E-state index contributed by atoms with van der Waals surface area (Å²) in [6.07, 6.45) is -4.68. The Kier molecular flexibility index (Phi) is 8.55. The summed E-state index contributed by atoms with van der Waals surface area (Å²) in [6.45, 7) is 8.31. The van der Waals surface area contributed by atoms with Gasteiger partial charge in [0.25, 0.3) is 0 Å². The number of rotatable bonds is 8. The molecule has 0 aliphatic carbocycles. The highest BCUT2D eigenvalue weighted by Gasteiger charge is 2.52. The van der Waals surface area contributed by atoms with Crippen LogP contribution >= 0.6 is 11.6 Å². The van der Waals surface area contributed by atoms with Crippen LogP contribution in [0.4, 0.5) is 13.2 Å². The van der Waals surface area contributed by atoms with Gasteiger partial charge in [-0.15, -0.1) is 0 Å². The summed E-state index contributed by atoms with van der Waals surface area (Å²) in [5, 5.41) is 2.64. The monoisotopic (exact) mass is 550 g/mol. The lowest BCUT2D eigenvalue weighted by molar-refractivity contribution is -0.211. The quantitative estimate of drug-likeness (QED) is 0.345. The van der Waals surface area contributed by atoms with Gasteiger partial charge in [0.05, 0.1) is 18.7 Å². The highest BCUT2D eigenvalue weighted by molar-refractivity contribution is 6.33.